The van der Waals surface area contributed by atoms with Crippen LogP contribution in [0.2, 0.25) is 0 Å². The lowest BCUT2D eigenvalue weighted by molar-refractivity contribution is 0.0807. The molecular formula is C33H26O4. The second kappa shape index (κ2) is 9.82. The minimum absolute atomic E-state index is 0.0396. The van der Waals surface area contributed by atoms with E-state index in [0.717, 1.165) is 44.7 Å². The second-order valence-electron chi connectivity index (χ2n) is 9.15. The van der Waals surface area contributed by atoms with Crippen LogP contribution in [0.3, 0.4) is 0 Å². The number of hydrogen-bond donors (Lipinski definition) is 0. The third-order valence-electron chi connectivity index (χ3n) is 6.90. The molecule has 0 spiro atoms. The van der Waals surface area contributed by atoms with Crippen LogP contribution in [0.15, 0.2) is 115 Å². The smallest absolute Gasteiger partial charge is 0.204 e. The Bertz CT molecular complexity index is 1540. The van der Waals surface area contributed by atoms with E-state index in [9.17, 15) is 4.79 Å². The molecule has 1 heterocycles. The molecule has 1 aliphatic rings. The van der Waals surface area contributed by atoms with Crippen molar-refractivity contribution in [3.63, 3.8) is 0 Å². The predicted octanol–water partition coefficient (Wildman–Crippen LogP) is 7.20. The number of carbonyl (C=O) groups excluding carboxylic acids is 1. The molecular weight excluding hydrogens is 460 g/mol. The van der Waals surface area contributed by atoms with E-state index in [1.54, 1.807) is 7.11 Å². The molecule has 6 rings (SSSR count). The minimum Gasteiger partial charge on any atom is -0.497 e. The fraction of sp³-hybridized carbons (Fsp3) is 0.121. The molecule has 4 heteroatoms. The zero-order chi connectivity index (χ0) is 25.2. The monoisotopic (exact) mass is 486 g/mol. The lowest BCUT2D eigenvalue weighted by Gasteiger charge is -2.20. The SMILES string of the molecule is COc1ccc([C@H]2c3c(ccc4ccc(OCc5ccccc5)cc34)O[C@H]2C(=O)c2ccccc2)cc1. The number of carbonyl (C=O) groups is 1. The van der Waals surface area contributed by atoms with Crippen molar-refractivity contribution >= 4 is 16.6 Å². The first kappa shape index (κ1) is 22.9. The zero-order valence-electron chi connectivity index (χ0n) is 20.5. The first-order valence-electron chi connectivity index (χ1n) is 12.3. The van der Waals surface area contributed by atoms with E-state index in [0.29, 0.717) is 12.2 Å². The summed E-state index contributed by atoms with van der Waals surface area (Å²) in [6.07, 6.45) is -0.676. The molecule has 0 saturated heterocycles. The third kappa shape index (κ3) is 4.43. The van der Waals surface area contributed by atoms with Crippen LogP contribution in [0.4, 0.5) is 0 Å². The number of Topliss-reactive ketones (excluding diaryl/α,β-unsaturated/α-hetero) is 1. The van der Waals surface area contributed by atoms with Crippen LogP contribution in [0.25, 0.3) is 10.8 Å². The molecule has 5 aromatic carbocycles. The molecule has 2 atom stereocenters. The van der Waals surface area contributed by atoms with Gasteiger partial charge in [-0.15, -0.1) is 0 Å². The highest BCUT2D eigenvalue weighted by Gasteiger charge is 2.41. The number of fused-ring (bicyclic) bond motifs is 3. The molecule has 0 unspecified atom stereocenters. The van der Waals surface area contributed by atoms with Gasteiger partial charge in [0.05, 0.1) is 13.0 Å². The van der Waals surface area contributed by atoms with Gasteiger partial charge in [-0.3, -0.25) is 4.79 Å². The van der Waals surface area contributed by atoms with Crippen LogP contribution in [0.5, 0.6) is 17.2 Å². The van der Waals surface area contributed by atoms with E-state index in [4.69, 9.17) is 14.2 Å². The van der Waals surface area contributed by atoms with E-state index >= 15 is 0 Å². The van der Waals surface area contributed by atoms with Gasteiger partial charge in [0.15, 0.2) is 6.10 Å². The van der Waals surface area contributed by atoms with Crippen molar-refractivity contribution < 1.29 is 19.0 Å². The van der Waals surface area contributed by atoms with Crippen molar-refractivity contribution in [3.8, 4) is 17.2 Å². The summed E-state index contributed by atoms with van der Waals surface area (Å²) in [4.78, 5) is 13.7. The Morgan fingerprint density at radius 1 is 0.784 bits per heavy atom. The van der Waals surface area contributed by atoms with E-state index in [2.05, 4.69) is 12.1 Å². The van der Waals surface area contributed by atoms with Crippen LogP contribution >= 0.6 is 0 Å². The van der Waals surface area contributed by atoms with Crippen molar-refractivity contribution in [2.75, 3.05) is 7.11 Å². The van der Waals surface area contributed by atoms with Crippen LogP contribution in [-0.4, -0.2) is 19.0 Å². The average Bonchev–Trinajstić information content (AvgIpc) is 3.37. The Balaban J connectivity index is 1.44. The summed E-state index contributed by atoms with van der Waals surface area (Å²) >= 11 is 0. The quantitative estimate of drug-likeness (QED) is 0.228. The first-order chi connectivity index (χ1) is 18.2. The van der Waals surface area contributed by atoms with Crippen LogP contribution in [0, 0.1) is 0 Å². The molecule has 0 radical (unpaired) electrons. The summed E-state index contributed by atoms with van der Waals surface area (Å²) in [5, 5.41) is 2.09. The van der Waals surface area contributed by atoms with Crippen LogP contribution in [-0.2, 0) is 6.61 Å². The molecule has 182 valence electrons. The summed E-state index contributed by atoms with van der Waals surface area (Å²) in [5.74, 6) is 1.95. The van der Waals surface area contributed by atoms with Gasteiger partial charge in [-0.05, 0) is 52.2 Å². The molecule has 4 nitrogen and oxygen atoms in total. The lowest BCUT2D eigenvalue weighted by Crippen LogP contribution is -2.30. The molecule has 0 bridgehead atoms. The van der Waals surface area contributed by atoms with Gasteiger partial charge in [0.1, 0.15) is 23.9 Å². The molecule has 0 aromatic heterocycles. The Labute approximate surface area is 216 Å². The molecule has 0 aliphatic carbocycles. The number of rotatable bonds is 7. The van der Waals surface area contributed by atoms with Gasteiger partial charge in [-0.25, -0.2) is 0 Å². The first-order valence-corrected chi connectivity index (χ1v) is 12.3. The molecule has 0 saturated carbocycles. The highest BCUT2D eigenvalue weighted by molar-refractivity contribution is 6.02. The topological polar surface area (TPSA) is 44.8 Å². The van der Waals surface area contributed by atoms with Crippen molar-refractivity contribution in [2.45, 2.75) is 18.6 Å². The predicted molar refractivity (Wildman–Crippen MR) is 145 cm³/mol. The largest absolute Gasteiger partial charge is 0.497 e. The van der Waals surface area contributed by atoms with E-state index < -0.39 is 6.10 Å². The maximum absolute atomic E-state index is 13.7. The maximum Gasteiger partial charge on any atom is 0.204 e. The third-order valence-corrected chi connectivity index (χ3v) is 6.90. The zero-order valence-corrected chi connectivity index (χ0v) is 20.5. The van der Waals surface area contributed by atoms with Crippen molar-refractivity contribution in [3.05, 3.63) is 138 Å². The van der Waals surface area contributed by atoms with Gasteiger partial charge in [0.2, 0.25) is 5.78 Å². The molecule has 0 fully saturated rings. The molecule has 1 aliphatic heterocycles. The lowest BCUT2D eigenvalue weighted by atomic mass is 9.83. The van der Waals surface area contributed by atoms with Crippen LogP contribution in [0.1, 0.15) is 33.0 Å². The fourth-order valence-corrected chi connectivity index (χ4v) is 5.04. The second-order valence-corrected chi connectivity index (χ2v) is 9.15. The van der Waals surface area contributed by atoms with Gasteiger partial charge in [-0.2, -0.15) is 0 Å². The van der Waals surface area contributed by atoms with E-state index in [1.165, 1.54) is 0 Å². The van der Waals surface area contributed by atoms with Crippen molar-refractivity contribution in [1.29, 1.82) is 0 Å². The average molecular weight is 487 g/mol. The van der Waals surface area contributed by atoms with Crippen molar-refractivity contribution in [1.82, 2.24) is 0 Å². The summed E-state index contributed by atoms with van der Waals surface area (Å²) in [7, 11) is 1.65. The van der Waals surface area contributed by atoms with Gasteiger partial charge >= 0.3 is 0 Å². The summed E-state index contributed by atoms with van der Waals surface area (Å²) in [6.45, 7) is 0.481. The molecule has 0 N–H and O–H groups in total. The number of ketones is 1. The molecule has 5 aromatic rings. The van der Waals surface area contributed by atoms with E-state index in [-0.39, 0.29) is 11.7 Å². The normalized spacial score (nSPS) is 16.1. The van der Waals surface area contributed by atoms with Crippen molar-refractivity contribution in [2.24, 2.45) is 0 Å². The van der Waals surface area contributed by atoms with E-state index in [1.807, 2.05) is 103 Å². The molecule has 0 amide bonds. The number of methoxy groups -OCH3 is 1. The minimum atomic E-state index is -0.676. The Morgan fingerprint density at radius 3 is 2.19 bits per heavy atom. The van der Waals surface area contributed by atoms with Gasteiger partial charge in [-0.1, -0.05) is 84.9 Å². The Hall–Kier alpha value is -4.57. The Morgan fingerprint density at radius 2 is 1.46 bits per heavy atom. The molecule has 37 heavy (non-hydrogen) atoms. The summed E-state index contributed by atoms with van der Waals surface area (Å²) < 4.78 is 17.9. The van der Waals surface area contributed by atoms with Crippen LogP contribution < -0.4 is 14.2 Å². The highest BCUT2D eigenvalue weighted by atomic mass is 16.5. The fourth-order valence-electron chi connectivity index (χ4n) is 5.04. The highest BCUT2D eigenvalue weighted by Crippen LogP contribution is 2.47. The number of ether oxygens (including phenoxy) is 3. The van der Waals surface area contributed by atoms with Gasteiger partial charge in [0.25, 0.3) is 0 Å². The maximum atomic E-state index is 13.7. The van der Waals surface area contributed by atoms with Gasteiger partial charge < -0.3 is 14.2 Å². The summed E-state index contributed by atoms with van der Waals surface area (Å²) in [6, 6.07) is 37.5. The summed E-state index contributed by atoms with van der Waals surface area (Å²) in [5.41, 5.74) is 3.74. The number of hydrogen-bond acceptors (Lipinski definition) is 4. The number of benzene rings is 5. The van der Waals surface area contributed by atoms with Gasteiger partial charge in [0, 0.05) is 11.1 Å². The Kier molecular flexibility index (Phi) is 6.07. The standard InChI is InChI=1S/C33H26O4/c1-35-26-16-13-24(14-17-26)30-31-28-20-27(36-21-22-8-4-2-5-9-22)18-12-23(28)15-19-29(31)37-33(30)32(34)25-10-6-3-7-11-25/h2-20,30,33H,21H2,1H3/t30-,33+/m0/s1.